The summed E-state index contributed by atoms with van der Waals surface area (Å²) < 4.78 is 4.65. The minimum Gasteiger partial charge on any atom is -0.291 e. The highest BCUT2D eigenvalue weighted by Gasteiger charge is 2.25. The third-order valence-electron chi connectivity index (χ3n) is 6.72. The lowest BCUT2D eigenvalue weighted by molar-refractivity contribution is -0.643. The third-order valence-corrected chi connectivity index (χ3v) is 6.72. The summed E-state index contributed by atoms with van der Waals surface area (Å²) in [7, 11) is 2.15. The smallest absolute Gasteiger partial charge is 0.224 e. The van der Waals surface area contributed by atoms with Gasteiger partial charge in [0.1, 0.15) is 12.9 Å². The van der Waals surface area contributed by atoms with Crippen molar-refractivity contribution in [1.82, 2.24) is 9.38 Å². The van der Waals surface area contributed by atoms with E-state index in [-0.39, 0.29) is 0 Å². The van der Waals surface area contributed by atoms with Gasteiger partial charge in [-0.15, -0.1) is 0 Å². The molecule has 0 N–H and O–H groups in total. The van der Waals surface area contributed by atoms with Crippen LogP contribution < -0.4 is 4.57 Å². The highest BCUT2D eigenvalue weighted by atomic mass is 15.0. The zero-order valence-electron chi connectivity index (χ0n) is 17.4. The highest BCUT2D eigenvalue weighted by Crippen LogP contribution is 2.40. The first-order valence-electron chi connectivity index (χ1n) is 10.6. The van der Waals surface area contributed by atoms with Crippen LogP contribution in [0.15, 0.2) is 85.1 Å². The Morgan fingerprint density at radius 3 is 2.48 bits per heavy atom. The molecule has 0 fully saturated rings. The van der Waals surface area contributed by atoms with Crippen LogP contribution in [0.3, 0.4) is 0 Å². The molecule has 0 saturated carbocycles. The second kappa shape index (κ2) is 5.79. The van der Waals surface area contributed by atoms with E-state index >= 15 is 0 Å². The van der Waals surface area contributed by atoms with Gasteiger partial charge in [-0.3, -0.25) is 4.40 Å². The first kappa shape index (κ1) is 16.8. The van der Waals surface area contributed by atoms with Crippen LogP contribution in [-0.2, 0) is 7.05 Å². The van der Waals surface area contributed by atoms with Crippen molar-refractivity contribution in [3.8, 4) is 11.4 Å². The van der Waals surface area contributed by atoms with Crippen LogP contribution in [0.25, 0.3) is 60.4 Å². The lowest BCUT2D eigenvalue weighted by Crippen LogP contribution is -2.28. The van der Waals surface area contributed by atoms with E-state index in [1.54, 1.807) is 0 Å². The topological polar surface area (TPSA) is 21.2 Å². The van der Waals surface area contributed by atoms with Gasteiger partial charge in [0, 0.05) is 11.6 Å². The molecule has 0 bridgehead atoms. The summed E-state index contributed by atoms with van der Waals surface area (Å²) in [4.78, 5) is 5.13. The summed E-state index contributed by atoms with van der Waals surface area (Å²) in [5.41, 5.74) is 7.16. The number of aryl methyl sites for hydroxylation is 2. The minimum absolute atomic E-state index is 0.996. The number of fused-ring (bicyclic) bond motifs is 4. The Balaban J connectivity index is 1.88. The molecule has 4 aromatic carbocycles. The average Bonchev–Trinajstić information content (AvgIpc) is 3.21. The number of hydrogen-bond acceptors (Lipinski definition) is 1. The number of rotatable bonds is 1. The lowest BCUT2D eigenvalue weighted by atomic mass is 9.96. The Morgan fingerprint density at radius 1 is 0.806 bits per heavy atom. The summed E-state index contributed by atoms with van der Waals surface area (Å²) in [6.07, 6.45) is 2.17. The number of nitrogens with zero attached hydrogens (tertiary/aromatic N) is 3. The maximum atomic E-state index is 5.13. The molecule has 0 aliphatic heterocycles. The van der Waals surface area contributed by atoms with E-state index in [0.29, 0.717) is 0 Å². The number of pyridine rings is 2. The predicted molar refractivity (Wildman–Crippen MR) is 128 cm³/mol. The van der Waals surface area contributed by atoms with Crippen molar-refractivity contribution >= 4 is 49.0 Å². The van der Waals surface area contributed by atoms with Crippen molar-refractivity contribution in [2.45, 2.75) is 6.92 Å². The lowest BCUT2D eigenvalue weighted by Gasteiger charge is -2.14. The molecule has 3 heterocycles. The van der Waals surface area contributed by atoms with E-state index in [1.807, 2.05) is 0 Å². The number of hydrogen-bond donors (Lipinski definition) is 0. The molecule has 0 radical (unpaired) electrons. The molecule has 3 aromatic heterocycles. The normalized spacial score (nSPS) is 12.2. The summed E-state index contributed by atoms with van der Waals surface area (Å²) in [5.74, 6) is 0.996. The van der Waals surface area contributed by atoms with Crippen molar-refractivity contribution in [3.05, 3.63) is 90.6 Å². The molecule has 3 heteroatoms. The van der Waals surface area contributed by atoms with Crippen molar-refractivity contribution in [1.29, 1.82) is 0 Å². The molecular weight excluding hydrogens is 378 g/mol. The third kappa shape index (κ3) is 2.08. The Labute approximate surface area is 179 Å². The summed E-state index contributed by atoms with van der Waals surface area (Å²) in [6, 6.07) is 28.1. The van der Waals surface area contributed by atoms with Gasteiger partial charge in [-0.2, -0.15) is 0 Å². The van der Waals surface area contributed by atoms with Crippen LogP contribution in [0.2, 0.25) is 0 Å². The van der Waals surface area contributed by atoms with Crippen molar-refractivity contribution < 1.29 is 4.57 Å². The minimum atomic E-state index is 0.996. The first-order valence-corrected chi connectivity index (χ1v) is 10.6. The van der Waals surface area contributed by atoms with Crippen LogP contribution in [0.4, 0.5) is 0 Å². The fourth-order valence-electron chi connectivity index (χ4n) is 5.32. The SMILES string of the molecule is Cc1c2ccccc2cc2c1c1c3c(ccc4nc(-c5ccccc5)n2c43)cc[n+]1C. The van der Waals surface area contributed by atoms with Gasteiger partial charge in [0.25, 0.3) is 0 Å². The molecular formula is C28H20N3+. The van der Waals surface area contributed by atoms with Crippen LogP contribution in [0.5, 0.6) is 0 Å². The molecule has 31 heavy (non-hydrogen) atoms. The Kier molecular flexibility index (Phi) is 3.14. The zero-order chi connectivity index (χ0) is 20.7. The van der Waals surface area contributed by atoms with Crippen LogP contribution in [-0.4, -0.2) is 9.38 Å². The fourth-order valence-corrected chi connectivity index (χ4v) is 5.32. The maximum Gasteiger partial charge on any atom is 0.224 e. The Bertz CT molecular complexity index is 1790. The fraction of sp³-hybridized carbons (Fsp3) is 0.0714. The van der Waals surface area contributed by atoms with E-state index in [1.165, 1.54) is 49.0 Å². The molecule has 0 atom stereocenters. The summed E-state index contributed by atoms with van der Waals surface area (Å²) in [5, 5.41) is 6.38. The van der Waals surface area contributed by atoms with Gasteiger partial charge in [-0.1, -0.05) is 60.7 Å². The maximum absolute atomic E-state index is 5.13. The highest BCUT2D eigenvalue weighted by molar-refractivity contribution is 6.23. The Morgan fingerprint density at radius 2 is 1.61 bits per heavy atom. The molecule has 146 valence electrons. The standard InChI is InChI=1S/C28H20N3/c1-17-21-11-7-6-10-20(21)16-23-24(17)27-25-18(14-15-30(27)2)12-13-22-26(25)31(23)28(29-22)19-8-4-3-5-9-19/h3-16H,1-2H3/q+1. The van der Waals surface area contributed by atoms with E-state index in [9.17, 15) is 0 Å². The summed E-state index contributed by atoms with van der Waals surface area (Å²) >= 11 is 0. The monoisotopic (exact) mass is 398 g/mol. The average molecular weight is 398 g/mol. The van der Waals surface area contributed by atoms with Crippen LogP contribution in [0.1, 0.15) is 5.56 Å². The quantitative estimate of drug-likeness (QED) is 0.184. The van der Waals surface area contributed by atoms with Gasteiger partial charge >= 0.3 is 0 Å². The number of imidazole rings is 1. The van der Waals surface area contributed by atoms with Gasteiger partial charge in [-0.05, 0) is 40.8 Å². The molecule has 7 rings (SSSR count). The van der Waals surface area contributed by atoms with Gasteiger partial charge in [0.2, 0.25) is 5.52 Å². The van der Waals surface area contributed by atoms with E-state index < -0.39 is 0 Å². The molecule has 0 spiro atoms. The van der Waals surface area contributed by atoms with E-state index in [2.05, 4.69) is 108 Å². The van der Waals surface area contributed by atoms with E-state index in [0.717, 1.165) is 16.9 Å². The van der Waals surface area contributed by atoms with E-state index in [4.69, 9.17) is 4.98 Å². The van der Waals surface area contributed by atoms with Crippen molar-refractivity contribution in [2.75, 3.05) is 0 Å². The number of benzene rings is 4. The van der Waals surface area contributed by atoms with Gasteiger partial charge < -0.3 is 0 Å². The van der Waals surface area contributed by atoms with Crippen LogP contribution >= 0.6 is 0 Å². The second-order valence-electron chi connectivity index (χ2n) is 8.43. The molecule has 0 unspecified atom stereocenters. The zero-order valence-corrected chi connectivity index (χ0v) is 17.4. The molecule has 0 aliphatic rings. The number of aromatic nitrogens is 3. The largest absolute Gasteiger partial charge is 0.291 e. The molecule has 0 saturated heterocycles. The first-order chi connectivity index (χ1) is 15.2. The van der Waals surface area contributed by atoms with Gasteiger partial charge in [0.05, 0.1) is 27.3 Å². The molecule has 0 aliphatic carbocycles. The van der Waals surface area contributed by atoms with Crippen molar-refractivity contribution in [3.63, 3.8) is 0 Å². The molecule has 7 aromatic rings. The van der Waals surface area contributed by atoms with Gasteiger partial charge in [0.15, 0.2) is 6.20 Å². The summed E-state index contributed by atoms with van der Waals surface area (Å²) in [6.45, 7) is 2.25. The second-order valence-corrected chi connectivity index (χ2v) is 8.43. The molecule has 3 nitrogen and oxygen atoms in total. The van der Waals surface area contributed by atoms with Crippen molar-refractivity contribution in [2.24, 2.45) is 7.05 Å². The molecule has 0 amide bonds. The Hall–Kier alpha value is -3.98. The van der Waals surface area contributed by atoms with Gasteiger partial charge in [-0.25, -0.2) is 9.55 Å². The van der Waals surface area contributed by atoms with Crippen LogP contribution in [0, 0.1) is 6.92 Å². The predicted octanol–water partition coefficient (Wildman–Crippen LogP) is 6.18.